The smallest absolute Gasteiger partial charge is 0.340 e. The zero-order valence-corrected chi connectivity index (χ0v) is 13.0. The number of pyridine rings is 1. The molecule has 0 aliphatic heterocycles. The first kappa shape index (κ1) is 14.8. The van der Waals surface area contributed by atoms with E-state index in [0.717, 1.165) is 10.0 Å². The number of rotatable bonds is 3. The number of hydrogen-bond donors (Lipinski definition) is 0. The van der Waals surface area contributed by atoms with E-state index < -0.39 is 5.97 Å². The zero-order valence-electron chi connectivity index (χ0n) is 10.6. The minimum absolute atomic E-state index is 0.341. The van der Waals surface area contributed by atoms with E-state index in [2.05, 4.69) is 20.9 Å². The van der Waals surface area contributed by atoms with E-state index in [1.54, 1.807) is 12.1 Å². The molecule has 0 aliphatic rings. The zero-order chi connectivity index (χ0) is 14.5. The van der Waals surface area contributed by atoms with E-state index in [-0.39, 0.29) is 0 Å². The van der Waals surface area contributed by atoms with E-state index in [1.165, 1.54) is 13.3 Å². The van der Waals surface area contributed by atoms with Crippen LogP contribution < -0.4 is 0 Å². The first-order valence-electron chi connectivity index (χ1n) is 5.77. The van der Waals surface area contributed by atoms with Crippen LogP contribution in [0.3, 0.4) is 0 Å². The van der Waals surface area contributed by atoms with Crippen LogP contribution in [0.15, 0.2) is 41.0 Å². The van der Waals surface area contributed by atoms with Crippen LogP contribution in [0.25, 0.3) is 12.2 Å². The Morgan fingerprint density at radius 1 is 1.30 bits per heavy atom. The molecule has 5 heteroatoms. The van der Waals surface area contributed by atoms with E-state index in [9.17, 15) is 4.79 Å². The largest absolute Gasteiger partial charge is 0.465 e. The number of carbonyl (C=O) groups is 1. The van der Waals surface area contributed by atoms with Gasteiger partial charge >= 0.3 is 5.97 Å². The van der Waals surface area contributed by atoms with E-state index >= 15 is 0 Å². The molecular formula is C15H11BrClNO2. The standard InChI is InChI=1S/C15H11BrClNO2/c1-20-15(19)13-8-12(17)9-18-14(13)7-4-10-2-5-11(16)6-3-10/h2-9H,1H3. The van der Waals surface area contributed by atoms with Crippen LogP contribution >= 0.6 is 27.5 Å². The fraction of sp³-hybridized carbons (Fsp3) is 0.0667. The number of benzene rings is 1. The molecular weight excluding hydrogens is 342 g/mol. The van der Waals surface area contributed by atoms with Gasteiger partial charge in [-0.05, 0) is 29.8 Å². The molecule has 0 saturated heterocycles. The third-order valence-corrected chi connectivity index (χ3v) is 3.33. The maximum Gasteiger partial charge on any atom is 0.340 e. The van der Waals surface area contributed by atoms with Crippen molar-refractivity contribution in [1.29, 1.82) is 0 Å². The molecule has 0 atom stereocenters. The topological polar surface area (TPSA) is 39.2 Å². The van der Waals surface area contributed by atoms with Crippen molar-refractivity contribution in [2.75, 3.05) is 7.11 Å². The molecule has 0 radical (unpaired) electrons. The van der Waals surface area contributed by atoms with Crippen LogP contribution in [-0.4, -0.2) is 18.1 Å². The van der Waals surface area contributed by atoms with Gasteiger partial charge in [-0.3, -0.25) is 4.98 Å². The van der Waals surface area contributed by atoms with Gasteiger partial charge < -0.3 is 4.74 Å². The lowest BCUT2D eigenvalue weighted by Crippen LogP contribution is -2.05. The molecule has 0 bridgehead atoms. The van der Waals surface area contributed by atoms with Crippen molar-refractivity contribution in [2.24, 2.45) is 0 Å². The number of methoxy groups -OCH3 is 1. The molecule has 3 nitrogen and oxygen atoms in total. The second-order valence-electron chi connectivity index (χ2n) is 3.96. The Morgan fingerprint density at radius 3 is 2.65 bits per heavy atom. The van der Waals surface area contributed by atoms with Crippen molar-refractivity contribution in [3.63, 3.8) is 0 Å². The summed E-state index contributed by atoms with van der Waals surface area (Å²) in [5.41, 5.74) is 1.86. The van der Waals surface area contributed by atoms with E-state index in [0.29, 0.717) is 16.3 Å². The minimum Gasteiger partial charge on any atom is -0.465 e. The van der Waals surface area contributed by atoms with Crippen molar-refractivity contribution in [2.45, 2.75) is 0 Å². The molecule has 2 rings (SSSR count). The van der Waals surface area contributed by atoms with Gasteiger partial charge in [0.2, 0.25) is 0 Å². The first-order chi connectivity index (χ1) is 9.60. The Kier molecular flexibility index (Phi) is 4.93. The van der Waals surface area contributed by atoms with Gasteiger partial charge in [0.1, 0.15) is 0 Å². The third kappa shape index (κ3) is 3.68. The lowest BCUT2D eigenvalue weighted by atomic mass is 10.1. The number of esters is 1. The summed E-state index contributed by atoms with van der Waals surface area (Å²) in [6.07, 6.45) is 5.12. The molecule has 1 aromatic heterocycles. The fourth-order valence-electron chi connectivity index (χ4n) is 1.61. The number of hydrogen-bond acceptors (Lipinski definition) is 3. The van der Waals surface area contributed by atoms with Crippen LogP contribution in [0, 0.1) is 0 Å². The van der Waals surface area contributed by atoms with Crippen LogP contribution in [-0.2, 0) is 4.74 Å². The van der Waals surface area contributed by atoms with E-state index in [1.807, 2.05) is 30.3 Å². The Hall–Kier alpha value is -1.65. The molecule has 0 fully saturated rings. The maximum atomic E-state index is 11.7. The average Bonchev–Trinajstić information content (AvgIpc) is 2.46. The summed E-state index contributed by atoms with van der Waals surface area (Å²) in [4.78, 5) is 15.8. The highest BCUT2D eigenvalue weighted by atomic mass is 79.9. The molecule has 1 aromatic carbocycles. The summed E-state index contributed by atoms with van der Waals surface area (Å²) < 4.78 is 5.73. The molecule has 0 aliphatic carbocycles. The second kappa shape index (κ2) is 6.68. The highest BCUT2D eigenvalue weighted by Crippen LogP contribution is 2.18. The highest BCUT2D eigenvalue weighted by molar-refractivity contribution is 9.10. The van der Waals surface area contributed by atoms with Crippen LogP contribution in [0.5, 0.6) is 0 Å². The van der Waals surface area contributed by atoms with Gasteiger partial charge in [0.05, 0.1) is 23.4 Å². The lowest BCUT2D eigenvalue weighted by Gasteiger charge is -2.03. The average molecular weight is 353 g/mol. The molecule has 0 N–H and O–H groups in total. The Labute approximate surface area is 130 Å². The minimum atomic E-state index is -0.463. The fourth-order valence-corrected chi connectivity index (χ4v) is 2.03. The Balaban J connectivity index is 2.33. The number of carbonyl (C=O) groups excluding carboxylic acids is 1. The molecule has 0 saturated carbocycles. The second-order valence-corrected chi connectivity index (χ2v) is 5.31. The monoisotopic (exact) mass is 351 g/mol. The highest BCUT2D eigenvalue weighted by Gasteiger charge is 2.11. The van der Waals surface area contributed by atoms with Gasteiger partial charge in [0.25, 0.3) is 0 Å². The predicted molar refractivity (Wildman–Crippen MR) is 83.7 cm³/mol. The number of aromatic nitrogens is 1. The SMILES string of the molecule is COC(=O)c1cc(Cl)cnc1C=Cc1ccc(Br)cc1. The third-order valence-electron chi connectivity index (χ3n) is 2.59. The first-order valence-corrected chi connectivity index (χ1v) is 6.95. The summed E-state index contributed by atoms with van der Waals surface area (Å²) >= 11 is 9.23. The predicted octanol–water partition coefficient (Wildman–Crippen LogP) is 4.45. The molecule has 20 heavy (non-hydrogen) atoms. The summed E-state index contributed by atoms with van der Waals surface area (Å²) in [5, 5.41) is 0.395. The van der Waals surface area contributed by atoms with Gasteiger partial charge in [-0.1, -0.05) is 45.7 Å². The summed E-state index contributed by atoms with van der Waals surface area (Å²) in [7, 11) is 1.32. The maximum absolute atomic E-state index is 11.7. The molecule has 102 valence electrons. The molecule has 0 spiro atoms. The van der Waals surface area contributed by atoms with Crippen LogP contribution in [0.1, 0.15) is 21.6 Å². The van der Waals surface area contributed by atoms with Gasteiger partial charge in [0.15, 0.2) is 0 Å². The molecule has 2 aromatic rings. The quantitative estimate of drug-likeness (QED) is 0.766. The summed E-state index contributed by atoms with van der Waals surface area (Å²) in [6.45, 7) is 0. The van der Waals surface area contributed by atoms with Crippen molar-refractivity contribution >= 4 is 45.7 Å². The lowest BCUT2D eigenvalue weighted by molar-refractivity contribution is 0.0600. The van der Waals surface area contributed by atoms with Crippen molar-refractivity contribution in [1.82, 2.24) is 4.98 Å². The van der Waals surface area contributed by atoms with Crippen molar-refractivity contribution in [3.8, 4) is 0 Å². The number of halogens is 2. The van der Waals surface area contributed by atoms with Gasteiger partial charge in [-0.25, -0.2) is 4.79 Å². The molecule has 0 unspecified atom stereocenters. The molecule has 1 heterocycles. The van der Waals surface area contributed by atoms with Crippen LogP contribution in [0.2, 0.25) is 5.02 Å². The van der Waals surface area contributed by atoms with E-state index in [4.69, 9.17) is 16.3 Å². The Morgan fingerprint density at radius 2 is 2.00 bits per heavy atom. The van der Waals surface area contributed by atoms with Gasteiger partial charge in [-0.15, -0.1) is 0 Å². The van der Waals surface area contributed by atoms with Crippen molar-refractivity contribution in [3.05, 3.63) is 62.8 Å². The normalized spacial score (nSPS) is 10.8. The van der Waals surface area contributed by atoms with Crippen molar-refractivity contribution < 1.29 is 9.53 Å². The summed E-state index contributed by atoms with van der Waals surface area (Å²) in [6, 6.07) is 9.33. The van der Waals surface area contributed by atoms with Gasteiger partial charge in [-0.2, -0.15) is 0 Å². The number of ether oxygens (including phenoxy) is 1. The Bertz CT molecular complexity index is 653. The molecule has 0 amide bonds. The van der Waals surface area contributed by atoms with Crippen LogP contribution in [0.4, 0.5) is 0 Å². The summed E-state index contributed by atoms with van der Waals surface area (Å²) in [5.74, 6) is -0.463. The number of nitrogens with zero attached hydrogens (tertiary/aromatic N) is 1. The van der Waals surface area contributed by atoms with Gasteiger partial charge in [0, 0.05) is 10.7 Å².